The average molecular weight is 554 g/mol. The molecule has 5 rings (SSSR count). The van der Waals surface area contributed by atoms with Crippen LogP contribution in [0.4, 0.5) is 0 Å². The lowest BCUT2D eigenvalue weighted by molar-refractivity contribution is 0.0939. The minimum Gasteiger partial charge on any atom is -0.419 e. The van der Waals surface area contributed by atoms with Crippen LogP contribution in [-0.2, 0) is 17.4 Å². The van der Waals surface area contributed by atoms with Gasteiger partial charge in [0.2, 0.25) is 11.8 Å². The first-order chi connectivity index (χ1) is 19.2. The highest BCUT2D eigenvalue weighted by Gasteiger charge is 2.37. The van der Waals surface area contributed by atoms with Gasteiger partial charge < -0.3 is 15.5 Å². The van der Waals surface area contributed by atoms with Gasteiger partial charge in [-0.3, -0.25) is 4.79 Å². The van der Waals surface area contributed by atoms with Crippen LogP contribution in [0.25, 0.3) is 11.5 Å². The third kappa shape index (κ3) is 5.79. The molecule has 1 amide bonds. The van der Waals surface area contributed by atoms with Crippen molar-refractivity contribution in [2.45, 2.75) is 62.9 Å². The van der Waals surface area contributed by atoms with Gasteiger partial charge in [-0.1, -0.05) is 66.9 Å². The molecule has 1 fully saturated rings. The van der Waals surface area contributed by atoms with Crippen molar-refractivity contribution in [3.63, 3.8) is 0 Å². The molecular formula is C32H32ClN5O2. The summed E-state index contributed by atoms with van der Waals surface area (Å²) >= 11 is 6.16. The highest BCUT2D eigenvalue weighted by Crippen LogP contribution is 2.42. The Morgan fingerprint density at radius 1 is 1.12 bits per heavy atom. The maximum Gasteiger partial charge on any atom is 0.251 e. The van der Waals surface area contributed by atoms with E-state index in [1.54, 1.807) is 12.1 Å². The van der Waals surface area contributed by atoms with E-state index in [9.17, 15) is 10.1 Å². The van der Waals surface area contributed by atoms with Gasteiger partial charge in [-0.15, -0.1) is 10.2 Å². The second kappa shape index (κ2) is 11.2. The molecule has 0 saturated heterocycles. The summed E-state index contributed by atoms with van der Waals surface area (Å²) in [6.45, 7) is 3.76. The fourth-order valence-electron chi connectivity index (χ4n) is 5.41. The summed E-state index contributed by atoms with van der Waals surface area (Å²) < 4.78 is 6.11. The van der Waals surface area contributed by atoms with Gasteiger partial charge in [0, 0.05) is 16.1 Å². The lowest BCUT2D eigenvalue weighted by atomic mass is 9.79. The van der Waals surface area contributed by atoms with E-state index in [0.717, 1.165) is 42.4 Å². The molecule has 7 nitrogen and oxygen atoms in total. The van der Waals surface area contributed by atoms with E-state index in [2.05, 4.69) is 21.6 Å². The van der Waals surface area contributed by atoms with Crippen LogP contribution < -0.4 is 11.1 Å². The van der Waals surface area contributed by atoms with E-state index in [1.807, 2.05) is 74.5 Å². The molecule has 3 aromatic carbocycles. The predicted molar refractivity (Wildman–Crippen MR) is 155 cm³/mol. The number of carbonyl (C=O) groups is 1. The Labute approximate surface area is 239 Å². The molecule has 204 valence electrons. The first-order valence-corrected chi connectivity index (χ1v) is 13.9. The number of nitrogens with one attached hydrogen (secondary N) is 1. The van der Waals surface area contributed by atoms with E-state index < -0.39 is 11.0 Å². The van der Waals surface area contributed by atoms with Crippen LogP contribution in [0.2, 0.25) is 5.02 Å². The smallest absolute Gasteiger partial charge is 0.251 e. The molecule has 2 atom stereocenters. The molecule has 3 N–H and O–H groups in total. The molecule has 1 heterocycles. The molecule has 1 aliphatic carbocycles. The Hall–Kier alpha value is -3.99. The van der Waals surface area contributed by atoms with E-state index in [-0.39, 0.29) is 17.8 Å². The highest BCUT2D eigenvalue weighted by molar-refractivity contribution is 6.30. The maximum absolute atomic E-state index is 13.5. The topological polar surface area (TPSA) is 118 Å². The second-order valence-electron chi connectivity index (χ2n) is 10.9. The first-order valence-electron chi connectivity index (χ1n) is 13.5. The van der Waals surface area contributed by atoms with Crippen LogP contribution in [-0.4, -0.2) is 16.1 Å². The van der Waals surface area contributed by atoms with E-state index in [4.69, 9.17) is 21.8 Å². The standard InChI is InChI=1S/C32H32ClN5O2/c1-21(23-11-8-12-27(33)18-23)36-28(39)24-15-25(17-26(16-24)32(20-34)13-6-7-14-32)29-37-38-30(40-29)31(2,35)19-22-9-4-3-5-10-22/h3-5,8-12,15-18,21H,6-7,13-14,19,35H2,1-2H3,(H,36,39)/t21-,31-/m1/s1. The maximum atomic E-state index is 13.5. The molecular weight excluding hydrogens is 522 g/mol. The molecule has 1 saturated carbocycles. The van der Waals surface area contributed by atoms with Crippen LogP contribution in [0.1, 0.15) is 78.5 Å². The van der Waals surface area contributed by atoms with Gasteiger partial charge in [0.1, 0.15) is 0 Å². The van der Waals surface area contributed by atoms with Crippen LogP contribution in [0, 0.1) is 11.3 Å². The van der Waals surface area contributed by atoms with Crippen LogP contribution in [0.3, 0.4) is 0 Å². The van der Waals surface area contributed by atoms with Gasteiger partial charge in [0.25, 0.3) is 5.91 Å². The molecule has 0 bridgehead atoms. The lowest BCUT2D eigenvalue weighted by Gasteiger charge is -2.23. The summed E-state index contributed by atoms with van der Waals surface area (Å²) in [6, 6.07) is 25.0. The third-order valence-electron chi connectivity index (χ3n) is 7.69. The van der Waals surface area contributed by atoms with Crippen molar-refractivity contribution in [3.8, 4) is 17.5 Å². The number of amides is 1. The van der Waals surface area contributed by atoms with E-state index in [0.29, 0.717) is 28.5 Å². The van der Waals surface area contributed by atoms with Gasteiger partial charge in [-0.25, -0.2) is 0 Å². The number of nitrogens with zero attached hydrogens (tertiary/aromatic N) is 3. The van der Waals surface area contributed by atoms with Gasteiger partial charge in [-0.2, -0.15) is 5.26 Å². The Balaban J connectivity index is 1.49. The molecule has 40 heavy (non-hydrogen) atoms. The number of nitriles is 1. The summed E-state index contributed by atoms with van der Waals surface area (Å²) in [6.07, 6.45) is 3.91. The van der Waals surface area contributed by atoms with Crippen LogP contribution >= 0.6 is 11.6 Å². The number of nitrogens with two attached hydrogens (primary N) is 1. The molecule has 0 spiro atoms. The van der Waals surface area contributed by atoms with Gasteiger partial charge in [0.15, 0.2) is 0 Å². The van der Waals surface area contributed by atoms with Crippen molar-refractivity contribution in [1.82, 2.24) is 15.5 Å². The van der Waals surface area contributed by atoms with Gasteiger partial charge in [0.05, 0.1) is 23.1 Å². The zero-order chi connectivity index (χ0) is 28.3. The van der Waals surface area contributed by atoms with Crippen molar-refractivity contribution < 1.29 is 9.21 Å². The first kappa shape index (κ1) is 27.6. The summed E-state index contributed by atoms with van der Waals surface area (Å²) in [5, 5.41) is 22.4. The minimum atomic E-state index is -0.893. The number of rotatable bonds is 8. The monoisotopic (exact) mass is 553 g/mol. The van der Waals surface area contributed by atoms with Crippen LogP contribution in [0.15, 0.2) is 77.2 Å². The van der Waals surface area contributed by atoms with Crippen molar-refractivity contribution >= 4 is 17.5 Å². The van der Waals surface area contributed by atoms with E-state index in [1.165, 1.54) is 0 Å². The molecule has 0 radical (unpaired) electrons. The number of benzene rings is 3. The Morgan fingerprint density at radius 2 is 1.88 bits per heavy atom. The number of aromatic nitrogens is 2. The largest absolute Gasteiger partial charge is 0.419 e. The Morgan fingerprint density at radius 3 is 2.58 bits per heavy atom. The molecule has 1 aliphatic rings. The summed E-state index contributed by atoms with van der Waals surface area (Å²) in [5.41, 5.74) is 8.79. The zero-order valence-electron chi connectivity index (χ0n) is 22.7. The second-order valence-corrected chi connectivity index (χ2v) is 11.4. The fraction of sp³-hybridized carbons (Fsp3) is 0.312. The highest BCUT2D eigenvalue weighted by atomic mass is 35.5. The quantitative estimate of drug-likeness (QED) is 0.253. The van der Waals surface area contributed by atoms with Gasteiger partial charge >= 0.3 is 0 Å². The summed E-state index contributed by atoms with van der Waals surface area (Å²) in [5.74, 6) is 0.284. The van der Waals surface area contributed by atoms with Crippen molar-refractivity contribution in [2.24, 2.45) is 5.73 Å². The van der Waals surface area contributed by atoms with Crippen molar-refractivity contribution in [3.05, 3.63) is 106 Å². The average Bonchev–Trinajstić information content (AvgIpc) is 3.65. The predicted octanol–water partition coefficient (Wildman–Crippen LogP) is 6.63. The molecule has 1 aromatic heterocycles. The number of halogens is 1. The SMILES string of the molecule is C[C@@H](NC(=O)c1cc(-c2nnc([C@](C)(N)Cc3ccccc3)o2)cc(C2(C#N)CCCC2)c1)c1cccc(Cl)c1. The zero-order valence-corrected chi connectivity index (χ0v) is 23.4. The number of carbonyl (C=O) groups excluding carboxylic acids is 1. The molecule has 0 aliphatic heterocycles. The van der Waals surface area contributed by atoms with Crippen LogP contribution in [0.5, 0.6) is 0 Å². The van der Waals surface area contributed by atoms with E-state index >= 15 is 0 Å². The lowest BCUT2D eigenvalue weighted by Crippen LogP contribution is -2.35. The summed E-state index contributed by atoms with van der Waals surface area (Å²) in [4.78, 5) is 13.5. The van der Waals surface area contributed by atoms with Crippen molar-refractivity contribution in [1.29, 1.82) is 5.26 Å². The fourth-order valence-corrected chi connectivity index (χ4v) is 5.61. The Bertz CT molecular complexity index is 1550. The molecule has 8 heteroatoms. The molecule has 4 aromatic rings. The Kier molecular flexibility index (Phi) is 7.75. The summed E-state index contributed by atoms with van der Waals surface area (Å²) in [7, 11) is 0. The van der Waals surface area contributed by atoms with Gasteiger partial charge in [-0.05, 0) is 80.1 Å². The number of hydrogen-bond donors (Lipinski definition) is 2. The number of hydrogen-bond acceptors (Lipinski definition) is 6. The van der Waals surface area contributed by atoms with Crippen molar-refractivity contribution in [2.75, 3.05) is 0 Å². The third-order valence-corrected chi connectivity index (χ3v) is 7.92. The molecule has 0 unspecified atom stereocenters. The normalized spacial score (nSPS) is 16.6. The minimum absolute atomic E-state index is 0.254.